The van der Waals surface area contributed by atoms with Crippen LogP contribution in [0.25, 0.3) is 11.1 Å². The lowest BCUT2D eigenvalue weighted by molar-refractivity contribution is -0.139. The topological polar surface area (TPSA) is 77.2 Å². The molecule has 1 fully saturated rings. The first-order valence-electron chi connectivity index (χ1n) is 9.73. The van der Waals surface area contributed by atoms with Gasteiger partial charge in [-0.3, -0.25) is 9.69 Å². The summed E-state index contributed by atoms with van der Waals surface area (Å²) in [5.41, 5.74) is 7.28. The number of nitrogens with two attached hydrogens (primary N) is 1. The highest BCUT2D eigenvalue weighted by Crippen LogP contribution is 2.51. The molecular formula is C22H22BrN3O3. The van der Waals surface area contributed by atoms with Crippen LogP contribution in [0.3, 0.4) is 0 Å². The predicted molar refractivity (Wildman–Crippen MR) is 114 cm³/mol. The largest absolute Gasteiger partial charge is 0.484 e. The predicted octanol–water partition coefficient (Wildman–Crippen LogP) is 3.43. The van der Waals surface area contributed by atoms with Gasteiger partial charge in [0.2, 0.25) is 0 Å². The second-order valence-corrected chi connectivity index (χ2v) is 8.95. The van der Waals surface area contributed by atoms with Crippen LogP contribution >= 0.6 is 15.9 Å². The van der Waals surface area contributed by atoms with Gasteiger partial charge >= 0.3 is 0 Å². The van der Waals surface area contributed by atoms with Crippen LogP contribution in [0, 0.1) is 0 Å². The number of likely N-dealkylation sites (N-methyl/N-ethyl adjacent to an activating group) is 1. The van der Waals surface area contributed by atoms with Crippen molar-refractivity contribution in [2.45, 2.75) is 30.4 Å². The first-order chi connectivity index (χ1) is 13.9. The molecular weight excluding hydrogens is 434 g/mol. The molecule has 0 aromatic heterocycles. The van der Waals surface area contributed by atoms with Crippen LogP contribution in [-0.4, -0.2) is 42.6 Å². The van der Waals surface area contributed by atoms with E-state index in [1.54, 1.807) is 7.05 Å². The maximum absolute atomic E-state index is 13.4. The van der Waals surface area contributed by atoms with Gasteiger partial charge in [0.15, 0.2) is 11.5 Å². The number of amides is 1. The number of halogens is 1. The van der Waals surface area contributed by atoms with Crippen LogP contribution < -0.4 is 10.5 Å². The molecule has 0 radical (unpaired) electrons. The van der Waals surface area contributed by atoms with E-state index in [-0.39, 0.29) is 11.9 Å². The molecule has 3 aliphatic heterocycles. The molecule has 3 heterocycles. The highest BCUT2D eigenvalue weighted by Gasteiger charge is 2.58. The van der Waals surface area contributed by atoms with Crippen molar-refractivity contribution in [1.82, 2.24) is 4.90 Å². The van der Waals surface area contributed by atoms with Crippen molar-refractivity contribution in [3.8, 4) is 16.9 Å². The van der Waals surface area contributed by atoms with Gasteiger partial charge in [0.1, 0.15) is 11.4 Å². The Morgan fingerprint density at radius 1 is 1.21 bits per heavy atom. The van der Waals surface area contributed by atoms with Gasteiger partial charge in [0.25, 0.3) is 5.91 Å². The Labute approximate surface area is 177 Å². The third-order valence-electron chi connectivity index (χ3n) is 6.08. The minimum absolute atomic E-state index is 0.115. The van der Waals surface area contributed by atoms with E-state index >= 15 is 0 Å². The number of carbonyl (C=O) groups excluding carboxylic acids is 1. The fraction of sp³-hybridized carbons (Fsp3) is 0.364. The average Bonchev–Trinajstić information content (AvgIpc) is 2.92. The second kappa shape index (κ2) is 6.57. The molecule has 2 aromatic carbocycles. The summed E-state index contributed by atoms with van der Waals surface area (Å²) in [5.74, 6) is 0.805. The summed E-state index contributed by atoms with van der Waals surface area (Å²) in [6, 6.07) is 14.0. The Kier molecular flexibility index (Phi) is 4.22. The van der Waals surface area contributed by atoms with E-state index in [4.69, 9.17) is 20.2 Å². The summed E-state index contributed by atoms with van der Waals surface area (Å²) in [6.45, 7) is 1.17. The molecule has 29 heavy (non-hydrogen) atoms. The molecule has 0 bridgehead atoms. The Bertz CT molecular complexity index is 1030. The third kappa shape index (κ3) is 2.87. The number of rotatable bonds is 1. The van der Waals surface area contributed by atoms with Crippen LogP contribution in [0.2, 0.25) is 0 Å². The Balaban J connectivity index is 1.69. The number of ether oxygens (including phenoxy) is 2. The summed E-state index contributed by atoms with van der Waals surface area (Å²) < 4.78 is 13.2. The molecule has 1 amide bonds. The van der Waals surface area contributed by atoms with Gasteiger partial charge in [-0.05, 0) is 48.2 Å². The quantitative estimate of drug-likeness (QED) is 0.714. The fourth-order valence-corrected chi connectivity index (χ4v) is 5.06. The van der Waals surface area contributed by atoms with Crippen LogP contribution in [0.4, 0.5) is 0 Å². The highest BCUT2D eigenvalue weighted by molar-refractivity contribution is 9.10. The standard InChI is InChI=1S/C22H22BrN3O3/c1-26-19(27)22(25-20(26)24)12-21(8-3-9-28-13-21)29-18-7-6-15(11-17(18)22)14-4-2-5-16(23)10-14/h2,4-7,10-11H,3,8-9,12-13H2,1H3,(H2,24,25)/t21-,22+/m1/s1. The molecule has 0 unspecified atom stereocenters. The lowest BCUT2D eigenvalue weighted by Crippen LogP contribution is -2.55. The van der Waals surface area contributed by atoms with E-state index in [2.05, 4.69) is 22.0 Å². The summed E-state index contributed by atoms with van der Waals surface area (Å²) in [5, 5.41) is 0. The maximum atomic E-state index is 13.4. The molecule has 0 aliphatic carbocycles. The smallest absolute Gasteiger partial charge is 0.261 e. The number of fused-ring (bicyclic) bond motifs is 2. The number of hydrogen-bond donors (Lipinski definition) is 1. The number of carbonyl (C=O) groups is 1. The van der Waals surface area contributed by atoms with E-state index < -0.39 is 11.1 Å². The first kappa shape index (κ1) is 18.6. The highest BCUT2D eigenvalue weighted by atomic mass is 79.9. The van der Waals surface area contributed by atoms with Gasteiger partial charge in [-0.2, -0.15) is 0 Å². The Morgan fingerprint density at radius 3 is 2.72 bits per heavy atom. The molecule has 5 rings (SSSR count). The zero-order chi connectivity index (χ0) is 20.2. The lowest BCUT2D eigenvalue weighted by Gasteiger charge is -2.46. The number of nitrogens with zero attached hydrogens (tertiary/aromatic N) is 2. The van der Waals surface area contributed by atoms with Gasteiger partial charge < -0.3 is 15.2 Å². The summed E-state index contributed by atoms with van der Waals surface area (Å²) in [4.78, 5) is 19.6. The van der Waals surface area contributed by atoms with Crippen molar-refractivity contribution in [1.29, 1.82) is 0 Å². The van der Waals surface area contributed by atoms with Gasteiger partial charge in [-0.15, -0.1) is 0 Å². The fourth-order valence-electron chi connectivity index (χ4n) is 4.66. The molecule has 0 saturated carbocycles. The van der Waals surface area contributed by atoms with Crippen molar-refractivity contribution in [3.05, 3.63) is 52.5 Å². The van der Waals surface area contributed by atoms with E-state index in [0.29, 0.717) is 25.4 Å². The van der Waals surface area contributed by atoms with Crippen LogP contribution in [0.1, 0.15) is 24.8 Å². The minimum Gasteiger partial charge on any atom is -0.484 e. The van der Waals surface area contributed by atoms with Crippen molar-refractivity contribution in [2.75, 3.05) is 20.3 Å². The number of aliphatic imine (C=N–C) groups is 1. The molecule has 150 valence electrons. The SMILES string of the molecule is CN1C(=O)[C@@]2(C[C@@]3(CCCOC3)Oc3ccc(-c4cccc(Br)c4)cc32)N=C1N. The molecule has 3 aliphatic rings. The molecule has 7 heteroatoms. The molecule has 2 N–H and O–H groups in total. The molecule has 6 nitrogen and oxygen atoms in total. The number of guanidine groups is 1. The molecule has 2 spiro atoms. The summed E-state index contributed by atoms with van der Waals surface area (Å²) >= 11 is 3.53. The van der Waals surface area contributed by atoms with Crippen LogP contribution in [0.5, 0.6) is 5.75 Å². The zero-order valence-corrected chi connectivity index (χ0v) is 17.7. The van der Waals surface area contributed by atoms with Crippen molar-refractivity contribution >= 4 is 27.8 Å². The van der Waals surface area contributed by atoms with E-state index in [1.165, 1.54) is 4.90 Å². The average molecular weight is 456 g/mol. The van der Waals surface area contributed by atoms with Crippen molar-refractivity contribution < 1.29 is 14.3 Å². The minimum atomic E-state index is -1.07. The van der Waals surface area contributed by atoms with Crippen molar-refractivity contribution in [2.24, 2.45) is 10.7 Å². The second-order valence-electron chi connectivity index (χ2n) is 8.03. The van der Waals surface area contributed by atoms with E-state index in [0.717, 1.165) is 34.0 Å². The third-order valence-corrected chi connectivity index (χ3v) is 6.57. The lowest BCUT2D eigenvalue weighted by atomic mass is 9.74. The zero-order valence-electron chi connectivity index (χ0n) is 16.2. The monoisotopic (exact) mass is 455 g/mol. The van der Waals surface area contributed by atoms with Gasteiger partial charge in [-0.1, -0.05) is 34.1 Å². The summed E-state index contributed by atoms with van der Waals surface area (Å²) in [7, 11) is 1.67. The number of hydrogen-bond acceptors (Lipinski definition) is 5. The first-order valence-corrected chi connectivity index (χ1v) is 10.5. The Hall–Kier alpha value is -2.38. The molecule has 2 aromatic rings. The molecule has 2 atom stereocenters. The van der Waals surface area contributed by atoms with Gasteiger partial charge in [0.05, 0.1) is 6.61 Å². The van der Waals surface area contributed by atoms with Crippen molar-refractivity contribution in [3.63, 3.8) is 0 Å². The van der Waals surface area contributed by atoms with Crippen LogP contribution in [-0.2, 0) is 15.1 Å². The number of benzene rings is 2. The summed E-state index contributed by atoms with van der Waals surface area (Å²) in [6.07, 6.45) is 2.15. The van der Waals surface area contributed by atoms with E-state index in [9.17, 15) is 4.79 Å². The molecule has 1 saturated heterocycles. The maximum Gasteiger partial charge on any atom is 0.261 e. The van der Waals surface area contributed by atoms with Crippen LogP contribution in [0.15, 0.2) is 51.9 Å². The van der Waals surface area contributed by atoms with Gasteiger partial charge in [0, 0.05) is 30.1 Å². The van der Waals surface area contributed by atoms with Gasteiger partial charge in [-0.25, -0.2) is 4.99 Å². The Morgan fingerprint density at radius 2 is 2.03 bits per heavy atom. The normalized spacial score (nSPS) is 28.4. The van der Waals surface area contributed by atoms with E-state index in [1.807, 2.05) is 36.4 Å².